The molecular formula is C25H26N4O. The zero-order valence-corrected chi connectivity index (χ0v) is 17.0. The highest BCUT2D eigenvalue weighted by Gasteiger charge is 2.20. The molecule has 5 rings (SSSR count). The molecule has 0 N–H and O–H groups in total. The molecule has 1 fully saturated rings. The van der Waals surface area contributed by atoms with Crippen molar-refractivity contribution in [3.05, 3.63) is 90.8 Å². The van der Waals surface area contributed by atoms with Gasteiger partial charge in [0, 0.05) is 31.9 Å². The van der Waals surface area contributed by atoms with Crippen molar-refractivity contribution in [2.45, 2.75) is 13.3 Å². The summed E-state index contributed by atoms with van der Waals surface area (Å²) >= 11 is 0. The van der Waals surface area contributed by atoms with Gasteiger partial charge in [0.1, 0.15) is 18.2 Å². The third kappa shape index (κ3) is 4.02. The number of fused-ring (bicyclic) bond motifs is 1. The molecule has 30 heavy (non-hydrogen) atoms. The van der Waals surface area contributed by atoms with E-state index in [1.54, 1.807) is 0 Å². The van der Waals surface area contributed by atoms with Gasteiger partial charge < -0.3 is 14.2 Å². The van der Waals surface area contributed by atoms with Crippen molar-refractivity contribution in [2.75, 3.05) is 31.1 Å². The molecule has 0 saturated carbocycles. The van der Waals surface area contributed by atoms with Crippen LogP contribution >= 0.6 is 0 Å². The molecule has 152 valence electrons. The predicted octanol–water partition coefficient (Wildman–Crippen LogP) is 4.40. The summed E-state index contributed by atoms with van der Waals surface area (Å²) in [5.74, 6) is 1.83. The fourth-order valence-electron chi connectivity index (χ4n) is 4.04. The van der Waals surface area contributed by atoms with Gasteiger partial charge in [0.25, 0.3) is 0 Å². The quantitative estimate of drug-likeness (QED) is 0.482. The smallest absolute Gasteiger partial charge is 0.149 e. The second-order valence-corrected chi connectivity index (χ2v) is 7.63. The van der Waals surface area contributed by atoms with E-state index in [9.17, 15) is 0 Å². The summed E-state index contributed by atoms with van der Waals surface area (Å²) in [6, 6.07) is 29.0. The minimum atomic E-state index is 0.461. The van der Waals surface area contributed by atoms with Gasteiger partial charge >= 0.3 is 0 Å². The zero-order chi connectivity index (χ0) is 20.2. The van der Waals surface area contributed by atoms with E-state index in [4.69, 9.17) is 9.72 Å². The van der Waals surface area contributed by atoms with Crippen molar-refractivity contribution in [1.29, 1.82) is 0 Å². The predicted molar refractivity (Wildman–Crippen MR) is 121 cm³/mol. The number of benzene rings is 3. The zero-order valence-electron chi connectivity index (χ0n) is 17.0. The van der Waals surface area contributed by atoms with E-state index >= 15 is 0 Å². The van der Waals surface area contributed by atoms with E-state index in [1.165, 1.54) is 5.69 Å². The van der Waals surface area contributed by atoms with Gasteiger partial charge in [0.15, 0.2) is 0 Å². The lowest BCUT2D eigenvalue weighted by molar-refractivity contribution is 0.198. The van der Waals surface area contributed by atoms with E-state index < -0.39 is 0 Å². The van der Waals surface area contributed by atoms with Crippen LogP contribution in [0.25, 0.3) is 11.0 Å². The molecule has 0 bridgehead atoms. The molecule has 0 aliphatic carbocycles. The van der Waals surface area contributed by atoms with Gasteiger partial charge in [-0.3, -0.25) is 4.90 Å². The summed E-state index contributed by atoms with van der Waals surface area (Å²) in [5.41, 5.74) is 3.49. The molecular weight excluding hydrogens is 372 g/mol. The van der Waals surface area contributed by atoms with Crippen LogP contribution < -0.4 is 9.64 Å². The molecule has 1 aliphatic heterocycles. The Morgan fingerprint density at radius 1 is 0.733 bits per heavy atom. The first kappa shape index (κ1) is 18.7. The number of imidazole rings is 1. The van der Waals surface area contributed by atoms with E-state index in [-0.39, 0.29) is 0 Å². The first-order valence-corrected chi connectivity index (χ1v) is 10.5. The molecule has 1 aromatic heterocycles. The third-order valence-electron chi connectivity index (χ3n) is 5.68. The first-order chi connectivity index (χ1) is 14.9. The summed E-state index contributed by atoms with van der Waals surface area (Å²) in [7, 11) is 0. The summed E-state index contributed by atoms with van der Waals surface area (Å²) in [6.45, 7) is 5.42. The monoisotopic (exact) mass is 398 g/mol. The summed E-state index contributed by atoms with van der Waals surface area (Å²) in [5, 5.41) is 0. The number of ether oxygens (including phenoxy) is 1. The van der Waals surface area contributed by atoms with Crippen LogP contribution in [0.1, 0.15) is 5.82 Å². The van der Waals surface area contributed by atoms with E-state index in [0.29, 0.717) is 6.61 Å². The molecule has 4 aromatic rings. The van der Waals surface area contributed by atoms with Gasteiger partial charge in [0.2, 0.25) is 0 Å². The maximum Gasteiger partial charge on any atom is 0.149 e. The lowest BCUT2D eigenvalue weighted by Gasteiger charge is -2.36. The van der Waals surface area contributed by atoms with Gasteiger partial charge in [-0.2, -0.15) is 0 Å². The lowest BCUT2D eigenvalue weighted by Crippen LogP contribution is -2.47. The molecule has 0 atom stereocenters. The first-order valence-electron chi connectivity index (χ1n) is 10.5. The molecule has 1 aliphatic rings. The molecule has 0 radical (unpaired) electrons. The van der Waals surface area contributed by atoms with Gasteiger partial charge in [0.05, 0.1) is 17.7 Å². The van der Waals surface area contributed by atoms with Crippen molar-refractivity contribution >= 4 is 16.7 Å². The van der Waals surface area contributed by atoms with Crippen LogP contribution in [0.15, 0.2) is 84.9 Å². The molecule has 1 saturated heterocycles. The highest BCUT2D eigenvalue weighted by atomic mass is 16.5. The molecule has 0 amide bonds. The Morgan fingerprint density at radius 2 is 1.40 bits per heavy atom. The van der Waals surface area contributed by atoms with Gasteiger partial charge in [-0.1, -0.05) is 48.5 Å². The number of nitrogens with zero attached hydrogens (tertiary/aromatic N) is 4. The lowest BCUT2D eigenvalue weighted by atomic mass is 10.2. The van der Waals surface area contributed by atoms with E-state index in [1.807, 2.05) is 36.4 Å². The number of hydrogen-bond acceptors (Lipinski definition) is 4. The van der Waals surface area contributed by atoms with Crippen molar-refractivity contribution in [1.82, 2.24) is 14.5 Å². The van der Waals surface area contributed by atoms with Crippen LogP contribution in [-0.4, -0.2) is 40.6 Å². The highest BCUT2D eigenvalue weighted by Crippen LogP contribution is 2.21. The fraction of sp³-hybridized carbons (Fsp3) is 0.240. The minimum Gasteiger partial charge on any atom is -0.486 e. The highest BCUT2D eigenvalue weighted by molar-refractivity contribution is 5.75. The molecule has 0 spiro atoms. The Morgan fingerprint density at radius 3 is 2.17 bits per heavy atom. The number of anilines is 1. The largest absolute Gasteiger partial charge is 0.486 e. The number of para-hydroxylation sites is 4. The number of rotatable bonds is 6. The molecule has 3 aromatic carbocycles. The molecule has 5 heteroatoms. The Kier molecular flexibility index (Phi) is 5.36. The van der Waals surface area contributed by atoms with E-state index in [0.717, 1.165) is 55.5 Å². The van der Waals surface area contributed by atoms with Crippen LogP contribution in [0.5, 0.6) is 5.75 Å². The maximum absolute atomic E-state index is 6.02. The second kappa shape index (κ2) is 8.59. The van der Waals surface area contributed by atoms with Crippen molar-refractivity contribution in [2.24, 2.45) is 0 Å². The number of piperazine rings is 1. The Bertz CT molecular complexity index is 1090. The van der Waals surface area contributed by atoms with Crippen molar-refractivity contribution in [3.8, 4) is 5.75 Å². The van der Waals surface area contributed by atoms with Crippen LogP contribution in [0.4, 0.5) is 5.69 Å². The third-order valence-corrected chi connectivity index (χ3v) is 5.68. The summed E-state index contributed by atoms with van der Waals surface area (Å²) in [4.78, 5) is 9.82. The topological polar surface area (TPSA) is 33.5 Å². The maximum atomic E-state index is 6.02. The molecule has 2 heterocycles. The number of aromatic nitrogens is 2. The molecule has 0 unspecified atom stereocenters. The Labute approximate surface area is 177 Å². The fourth-order valence-corrected chi connectivity index (χ4v) is 4.04. The molecule has 5 nitrogen and oxygen atoms in total. The van der Waals surface area contributed by atoms with Crippen LogP contribution in [0, 0.1) is 0 Å². The van der Waals surface area contributed by atoms with Crippen LogP contribution in [0.3, 0.4) is 0 Å². The minimum absolute atomic E-state index is 0.461. The Balaban J connectivity index is 1.31. The van der Waals surface area contributed by atoms with Crippen molar-refractivity contribution < 1.29 is 4.74 Å². The average molecular weight is 399 g/mol. The normalized spacial score (nSPS) is 14.9. The van der Waals surface area contributed by atoms with Crippen LogP contribution in [-0.2, 0) is 13.3 Å². The average Bonchev–Trinajstić information content (AvgIpc) is 3.17. The summed E-state index contributed by atoms with van der Waals surface area (Å²) in [6.07, 6.45) is 0. The standard InChI is InChI=1S/C25H26N4O/c1-3-9-21(10-4-1)28-17-15-27(16-18-28)20-29-24-14-8-7-13-23(24)26-25(29)19-30-22-11-5-2-6-12-22/h1-14H,15-20H2. The van der Waals surface area contributed by atoms with Crippen LogP contribution in [0.2, 0.25) is 0 Å². The second-order valence-electron chi connectivity index (χ2n) is 7.63. The Hall–Kier alpha value is -3.31. The van der Waals surface area contributed by atoms with Gasteiger partial charge in [-0.25, -0.2) is 4.98 Å². The van der Waals surface area contributed by atoms with Gasteiger partial charge in [-0.05, 0) is 36.4 Å². The summed E-state index contributed by atoms with van der Waals surface area (Å²) < 4.78 is 8.32. The van der Waals surface area contributed by atoms with E-state index in [2.05, 4.69) is 62.9 Å². The van der Waals surface area contributed by atoms with Gasteiger partial charge in [-0.15, -0.1) is 0 Å². The van der Waals surface area contributed by atoms with Crippen molar-refractivity contribution in [3.63, 3.8) is 0 Å². The SMILES string of the molecule is c1ccc(OCc2nc3ccccc3n2CN2CCN(c3ccccc3)CC2)cc1. The number of hydrogen-bond donors (Lipinski definition) is 0.